The second kappa shape index (κ2) is 6.54. The molecule has 4 nitrogen and oxygen atoms in total. The molecule has 74 valence electrons. The average molecular weight is 194 g/mol. The summed E-state index contributed by atoms with van der Waals surface area (Å²) >= 11 is 0. The summed E-state index contributed by atoms with van der Waals surface area (Å²) in [5.74, 6) is -0.635. The minimum absolute atomic E-state index is 0.121. The first-order valence-electron chi connectivity index (χ1n) is 3.74. The van der Waals surface area contributed by atoms with Crippen molar-refractivity contribution in [2.24, 2.45) is 0 Å². The maximum absolute atomic E-state index is 10.3. The number of methoxy groups -OCH3 is 1. The number of ether oxygens (including phenoxy) is 1. The highest BCUT2D eigenvalue weighted by molar-refractivity contribution is 6.14. The van der Waals surface area contributed by atoms with Gasteiger partial charge in [-0.05, 0) is 24.3 Å². The van der Waals surface area contributed by atoms with Gasteiger partial charge in [0.05, 0.1) is 7.11 Å². The molecule has 0 radical (unpaired) electrons. The SMILES string of the molecule is C=CC(=O)OC.O=C1C=CC(=O)C=C1. The highest BCUT2D eigenvalue weighted by Crippen LogP contribution is 1.90. The Morgan fingerprint density at radius 3 is 1.71 bits per heavy atom. The van der Waals surface area contributed by atoms with Gasteiger partial charge in [-0.2, -0.15) is 0 Å². The molecule has 14 heavy (non-hydrogen) atoms. The van der Waals surface area contributed by atoms with E-state index in [2.05, 4.69) is 11.3 Å². The summed E-state index contributed by atoms with van der Waals surface area (Å²) in [5, 5.41) is 0. The number of rotatable bonds is 1. The Kier molecular flexibility index (Phi) is 5.62. The van der Waals surface area contributed by atoms with Gasteiger partial charge in [-0.25, -0.2) is 4.79 Å². The first-order chi connectivity index (χ1) is 6.60. The highest BCUT2D eigenvalue weighted by atomic mass is 16.5. The van der Waals surface area contributed by atoms with E-state index in [4.69, 9.17) is 0 Å². The van der Waals surface area contributed by atoms with Gasteiger partial charge in [-0.3, -0.25) is 9.59 Å². The second-order valence-corrected chi connectivity index (χ2v) is 2.20. The van der Waals surface area contributed by atoms with Gasteiger partial charge in [0, 0.05) is 6.08 Å². The molecule has 0 amide bonds. The van der Waals surface area contributed by atoms with Gasteiger partial charge in [0.2, 0.25) is 0 Å². The Hall–Kier alpha value is -1.97. The number of ketones is 2. The second-order valence-electron chi connectivity index (χ2n) is 2.20. The zero-order valence-corrected chi connectivity index (χ0v) is 7.73. The number of hydrogen-bond donors (Lipinski definition) is 0. The first-order valence-corrected chi connectivity index (χ1v) is 3.74. The van der Waals surface area contributed by atoms with Crippen LogP contribution in [0.15, 0.2) is 37.0 Å². The third-order valence-corrected chi connectivity index (χ3v) is 1.19. The van der Waals surface area contributed by atoms with E-state index >= 15 is 0 Å². The molecule has 0 saturated carbocycles. The van der Waals surface area contributed by atoms with Crippen molar-refractivity contribution in [3.63, 3.8) is 0 Å². The van der Waals surface area contributed by atoms with Crippen LogP contribution in [0.25, 0.3) is 0 Å². The third kappa shape index (κ3) is 5.65. The lowest BCUT2D eigenvalue weighted by Gasteiger charge is -1.87. The lowest BCUT2D eigenvalue weighted by atomic mass is 10.2. The molecule has 1 rings (SSSR count). The summed E-state index contributed by atoms with van der Waals surface area (Å²) in [7, 11) is 1.31. The van der Waals surface area contributed by atoms with Crippen LogP contribution in [0.2, 0.25) is 0 Å². The van der Waals surface area contributed by atoms with Gasteiger partial charge in [-0.15, -0.1) is 0 Å². The van der Waals surface area contributed by atoms with Crippen LogP contribution < -0.4 is 0 Å². The number of allylic oxidation sites excluding steroid dienone is 4. The van der Waals surface area contributed by atoms with Gasteiger partial charge in [0.1, 0.15) is 0 Å². The molecule has 0 aromatic carbocycles. The number of hydrogen-bond acceptors (Lipinski definition) is 4. The molecule has 0 N–H and O–H groups in total. The third-order valence-electron chi connectivity index (χ3n) is 1.19. The van der Waals surface area contributed by atoms with Crippen LogP contribution in [-0.4, -0.2) is 24.6 Å². The van der Waals surface area contributed by atoms with Crippen molar-refractivity contribution in [3.8, 4) is 0 Å². The maximum Gasteiger partial charge on any atom is 0.329 e. The van der Waals surface area contributed by atoms with E-state index in [9.17, 15) is 14.4 Å². The van der Waals surface area contributed by atoms with E-state index in [0.29, 0.717) is 0 Å². The van der Waals surface area contributed by atoms with E-state index in [0.717, 1.165) is 6.08 Å². The van der Waals surface area contributed by atoms with Gasteiger partial charge >= 0.3 is 5.97 Å². The average Bonchev–Trinajstić information content (AvgIpc) is 2.22. The van der Waals surface area contributed by atoms with Gasteiger partial charge in [-0.1, -0.05) is 6.58 Å². The number of carbonyl (C=O) groups is 3. The lowest BCUT2D eigenvalue weighted by Crippen LogP contribution is -1.97. The minimum atomic E-state index is -0.394. The normalized spacial score (nSPS) is 12.9. The fraction of sp³-hybridized carbons (Fsp3) is 0.100. The molecule has 1 aliphatic carbocycles. The van der Waals surface area contributed by atoms with Crippen LogP contribution in [-0.2, 0) is 19.1 Å². The van der Waals surface area contributed by atoms with Gasteiger partial charge in [0.15, 0.2) is 11.6 Å². The predicted octanol–water partition coefficient (Wildman–Crippen LogP) is 0.596. The smallest absolute Gasteiger partial charge is 0.329 e. The zero-order chi connectivity index (χ0) is 11.0. The molecule has 0 bridgehead atoms. The molecule has 0 atom stereocenters. The van der Waals surface area contributed by atoms with E-state index in [1.165, 1.54) is 31.4 Å². The molecular weight excluding hydrogens is 184 g/mol. The molecule has 0 spiro atoms. The maximum atomic E-state index is 10.3. The Morgan fingerprint density at radius 1 is 1.21 bits per heavy atom. The summed E-state index contributed by atoms with van der Waals surface area (Å²) in [4.78, 5) is 30.4. The summed E-state index contributed by atoms with van der Waals surface area (Å²) in [6, 6.07) is 0. The molecular formula is C10H10O4. The van der Waals surface area contributed by atoms with E-state index in [-0.39, 0.29) is 11.6 Å². The van der Waals surface area contributed by atoms with Crippen molar-refractivity contribution in [3.05, 3.63) is 37.0 Å². The predicted molar refractivity (Wildman–Crippen MR) is 50.5 cm³/mol. The van der Waals surface area contributed by atoms with Crippen molar-refractivity contribution in [1.29, 1.82) is 0 Å². The highest BCUT2D eigenvalue weighted by Gasteiger charge is 1.97. The van der Waals surface area contributed by atoms with E-state index in [1.807, 2.05) is 0 Å². The molecule has 1 aliphatic rings. The largest absolute Gasteiger partial charge is 0.466 e. The summed E-state index contributed by atoms with van der Waals surface area (Å²) in [6.07, 6.45) is 6.12. The molecule has 0 aliphatic heterocycles. The number of esters is 1. The molecule has 0 aromatic heterocycles. The molecule has 0 unspecified atom stereocenters. The molecule has 0 fully saturated rings. The van der Waals surface area contributed by atoms with E-state index in [1.54, 1.807) is 0 Å². The number of carbonyl (C=O) groups excluding carboxylic acids is 3. The van der Waals surface area contributed by atoms with Crippen molar-refractivity contribution in [1.82, 2.24) is 0 Å². The van der Waals surface area contributed by atoms with E-state index < -0.39 is 5.97 Å². The van der Waals surface area contributed by atoms with Gasteiger partial charge in [0.25, 0.3) is 0 Å². The topological polar surface area (TPSA) is 60.4 Å². The van der Waals surface area contributed by atoms with Gasteiger partial charge < -0.3 is 4.74 Å². The van der Waals surface area contributed by atoms with Crippen LogP contribution in [0.1, 0.15) is 0 Å². The zero-order valence-electron chi connectivity index (χ0n) is 7.73. The Morgan fingerprint density at radius 2 is 1.57 bits per heavy atom. The van der Waals surface area contributed by atoms with Crippen molar-refractivity contribution in [2.45, 2.75) is 0 Å². The standard InChI is InChI=1S/C6H4O2.C4H6O2/c7-5-1-2-6(8)4-3-5;1-3-4(5)6-2/h1-4H;3H,1H2,2H3. The summed E-state index contributed by atoms with van der Waals surface area (Å²) in [5.41, 5.74) is 0. The minimum Gasteiger partial charge on any atom is -0.466 e. The Labute approximate surface area is 81.6 Å². The van der Waals surface area contributed by atoms with Crippen LogP contribution in [0.5, 0.6) is 0 Å². The Bertz CT molecular complexity index is 272. The fourth-order valence-corrected chi connectivity index (χ4v) is 0.523. The Balaban J connectivity index is 0.000000255. The molecule has 0 heterocycles. The summed E-state index contributed by atoms with van der Waals surface area (Å²) in [6.45, 7) is 3.16. The summed E-state index contributed by atoms with van der Waals surface area (Å²) < 4.78 is 4.14. The van der Waals surface area contributed by atoms with Crippen LogP contribution >= 0.6 is 0 Å². The van der Waals surface area contributed by atoms with Crippen LogP contribution in [0.4, 0.5) is 0 Å². The molecule has 4 heteroatoms. The quantitative estimate of drug-likeness (QED) is 0.348. The molecule has 0 aromatic rings. The van der Waals surface area contributed by atoms with Crippen molar-refractivity contribution in [2.75, 3.05) is 7.11 Å². The monoisotopic (exact) mass is 194 g/mol. The van der Waals surface area contributed by atoms with Crippen molar-refractivity contribution >= 4 is 17.5 Å². The lowest BCUT2D eigenvalue weighted by molar-refractivity contribution is -0.134. The first kappa shape index (κ1) is 12.0. The molecule has 0 saturated heterocycles. The van der Waals surface area contributed by atoms with Crippen LogP contribution in [0.3, 0.4) is 0 Å². The van der Waals surface area contributed by atoms with Crippen LogP contribution in [0, 0.1) is 0 Å². The fourth-order valence-electron chi connectivity index (χ4n) is 0.523. The van der Waals surface area contributed by atoms with Crippen molar-refractivity contribution < 1.29 is 19.1 Å².